The number of anilines is 1. The lowest BCUT2D eigenvalue weighted by molar-refractivity contribution is 0.0532. The van der Waals surface area contributed by atoms with Crippen LogP contribution in [-0.4, -0.2) is 28.6 Å². The van der Waals surface area contributed by atoms with Gasteiger partial charge in [-0.15, -0.1) is 0 Å². The molecule has 4 rings (SSSR count). The molecule has 1 N–H and O–H groups in total. The zero-order valence-corrected chi connectivity index (χ0v) is 17.7. The molecule has 1 amide bonds. The second kappa shape index (κ2) is 8.93. The largest absolute Gasteiger partial charge is 0.462 e. The first-order valence-electron chi connectivity index (χ1n) is 9.65. The maximum atomic E-state index is 13.1. The number of aryl methyl sites for hydroxylation is 1. The van der Waals surface area contributed by atoms with Crippen molar-refractivity contribution < 1.29 is 18.8 Å². The van der Waals surface area contributed by atoms with E-state index in [2.05, 4.69) is 15.5 Å². The molecule has 0 aliphatic heterocycles. The molecule has 0 bridgehead atoms. The number of ether oxygens (including phenoxy) is 1. The van der Waals surface area contributed by atoms with Gasteiger partial charge >= 0.3 is 5.97 Å². The molecule has 0 unspecified atom stereocenters. The molecule has 0 spiro atoms. The van der Waals surface area contributed by atoms with E-state index in [0.29, 0.717) is 27.6 Å². The molecule has 8 heteroatoms. The highest BCUT2D eigenvalue weighted by Crippen LogP contribution is 2.33. The van der Waals surface area contributed by atoms with Crippen molar-refractivity contribution in [2.75, 3.05) is 11.9 Å². The lowest BCUT2D eigenvalue weighted by Crippen LogP contribution is -2.13. The van der Waals surface area contributed by atoms with Crippen LogP contribution in [0.3, 0.4) is 0 Å². The number of nitrogens with one attached hydrogen (secondary N) is 1. The number of amides is 1. The van der Waals surface area contributed by atoms with Crippen LogP contribution in [0.15, 0.2) is 65.2 Å². The van der Waals surface area contributed by atoms with Crippen molar-refractivity contribution in [1.82, 2.24) is 10.1 Å². The van der Waals surface area contributed by atoms with Gasteiger partial charge in [-0.2, -0.15) is 0 Å². The summed E-state index contributed by atoms with van der Waals surface area (Å²) in [6.45, 7) is 3.66. The number of aromatic nitrogens is 2. The van der Waals surface area contributed by atoms with Crippen molar-refractivity contribution >= 4 is 28.3 Å². The molecule has 2 aromatic carbocycles. The summed E-state index contributed by atoms with van der Waals surface area (Å²) in [5.41, 5.74) is 2.75. The maximum absolute atomic E-state index is 13.1. The second-order valence-electron chi connectivity index (χ2n) is 6.57. The Balaban J connectivity index is 1.69. The Morgan fingerprint density at radius 1 is 1.00 bits per heavy atom. The second-order valence-corrected chi connectivity index (χ2v) is 7.56. The lowest BCUT2D eigenvalue weighted by atomic mass is 10.1. The van der Waals surface area contributed by atoms with E-state index in [1.807, 2.05) is 60.7 Å². The van der Waals surface area contributed by atoms with Crippen molar-refractivity contribution in [2.24, 2.45) is 0 Å². The summed E-state index contributed by atoms with van der Waals surface area (Å²) in [4.78, 5) is 30.4. The highest BCUT2D eigenvalue weighted by Gasteiger charge is 2.25. The van der Waals surface area contributed by atoms with Gasteiger partial charge in [0.15, 0.2) is 5.13 Å². The SMILES string of the molecule is CCOC(=O)c1sc(NC(=O)c2c(-c3ccccc3)noc2C)nc1-c1ccccc1. The van der Waals surface area contributed by atoms with Crippen molar-refractivity contribution in [3.63, 3.8) is 0 Å². The number of carbonyl (C=O) groups excluding carboxylic acids is 2. The Hall–Kier alpha value is -3.78. The zero-order valence-electron chi connectivity index (χ0n) is 16.9. The third-order valence-corrected chi connectivity index (χ3v) is 5.44. The number of carbonyl (C=O) groups is 2. The minimum Gasteiger partial charge on any atom is -0.462 e. The van der Waals surface area contributed by atoms with Gasteiger partial charge in [-0.05, 0) is 13.8 Å². The van der Waals surface area contributed by atoms with Crippen LogP contribution in [0.1, 0.15) is 32.7 Å². The van der Waals surface area contributed by atoms with Gasteiger partial charge in [0.25, 0.3) is 5.91 Å². The summed E-state index contributed by atoms with van der Waals surface area (Å²) in [6, 6.07) is 18.6. The minimum absolute atomic E-state index is 0.243. The summed E-state index contributed by atoms with van der Waals surface area (Å²) >= 11 is 1.07. The highest BCUT2D eigenvalue weighted by atomic mass is 32.1. The molecule has 31 heavy (non-hydrogen) atoms. The van der Waals surface area contributed by atoms with Gasteiger partial charge in [0, 0.05) is 11.1 Å². The van der Waals surface area contributed by atoms with Crippen molar-refractivity contribution in [2.45, 2.75) is 13.8 Å². The van der Waals surface area contributed by atoms with Crippen LogP contribution in [0, 0.1) is 6.92 Å². The summed E-state index contributed by atoms with van der Waals surface area (Å²) in [6.07, 6.45) is 0. The number of thiazole rings is 1. The molecule has 0 fully saturated rings. The zero-order chi connectivity index (χ0) is 21.8. The van der Waals surface area contributed by atoms with Gasteiger partial charge < -0.3 is 9.26 Å². The van der Waals surface area contributed by atoms with Crippen LogP contribution >= 0.6 is 11.3 Å². The topological polar surface area (TPSA) is 94.3 Å². The fraction of sp³-hybridized carbons (Fsp3) is 0.130. The first kappa shape index (κ1) is 20.5. The van der Waals surface area contributed by atoms with E-state index in [-0.39, 0.29) is 11.7 Å². The van der Waals surface area contributed by atoms with Crippen LogP contribution in [0.25, 0.3) is 22.5 Å². The molecule has 0 saturated heterocycles. The Labute approximate surface area is 182 Å². The minimum atomic E-state index is -0.481. The van der Waals surface area contributed by atoms with Crippen LogP contribution in [0.2, 0.25) is 0 Å². The van der Waals surface area contributed by atoms with E-state index >= 15 is 0 Å². The fourth-order valence-electron chi connectivity index (χ4n) is 3.09. The molecule has 7 nitrogen and oxygen atoms in total. The van der Waals surface area contributed by atoms with Crippen LogP contribution in [0.5, 0.6) is 0 Å². The van der Waals surface area contributed by atoms with Crippen LogP contribution in [0.4, 0.5) is 5.13 Å². The van der Waals surface area contributed by atoms with Gasteiger partial charge in [-0.25, -0.2) is 9.78 Å². The number of hydrogen-bond acceptors (Lipinski definition) is 7. The van der Waals surface area contributed by atoms with E-state index in [1.165, 1.54) is 0 Å². The van der Waals surface area contributed by atoms with Crippen LogP contribution in [-0.2, 0) is 4.74 Å². The van der Waals surface area contributed by atoms with Crippen molar-refractivity contribution in [3.8, 4) is 22.5 Å². The first-order valence-corrected chi connectivity index (χ1v) is 10.5. The number of rotatable bonds is 6. The predicted molar refractivity (Wildman–Crippen MR) is 118 cm³/mol. The van der Waals surface area contributed by atoms with Gasteiger partial charge in [0.05, 0.1) is 12.3 Å². The Morgan fingerprint density at radius 3 is 2.23 bits per heavy atom. The van der Waals surface area contributed by atoms with Gasteiger partial charge in [-0.1, -0.05) is 77.2 Å². The summed E-state index contributed by atoms with van der Waals surface area (Å²) in [5.74, 6) is -0.506. The molecular weight excluding hydrogens is 414 g/mol. The quantitative estimate of drug-likeness (QED) is 0.420. The average molecular weight is 433 g/mol. The van der Waals surface area contributed by atoms with Crippen molar-refractivity contribution in [3.05, 3.63) is 76.9 Å². The summed E-state index contributed by atoms with van der Waals surface area (Å²) in [7, 11) is 0. The lowest BCUT2D eigenvalue weighted by Gasteiger charge is -2.03. The van der Waals surface area contributed by atoms with E-state index < -0.39 is 11.9 Å². The van der Waals surface area contributed by atoms with E-state index in [1.54, 1.807) is 13.8 Å². The molecule has 2 heterocycles. The van der Waals surface area contributed by atoms with Crippen LogP contribution < -0.4 is 5.32 Å². The molecule has 2 aromatic heterocycles. The molecule has 0 radical (unpaired) electrons. The van der Waals surface area contributed by atoms with E-state index in [9.17, 15) is 9.59 Å². The van der Waals surface area contributed by atoms with Gasteiger partial charge in [0.2, 0.25) is 0 Å². The Bertz CT molecular complexity index is 1220. The van der Waals surface area contributed by atoms with E-state index in [0.717, 1.165) is 22.5 Å². The molecule has 0 aliphatic carbocycles. The van der Waals surface area contributed by atoms with Gasteiger partial charge in [0.1, 0.15) is 21.9 Å². The molecule has 0 atom stereocenters. The molecule has 0 aliphatic rings. The third-order valence-electron chi connectivity index (χ3n) is 4.49. The Morgan fingerprint density at radius 2 is 1.61 bits per heavy atom. The molecular formula is C23H19N3O4S. The number of nitrogens with zero attached hydrogens (tertiary/aromatic N) is 2. The smallest absolute Gasteiger partial charge is 0.350 e. The highest BCUT2D eigenvalue weighted by molar-refractivity contribution is 7.18. The van der Waals surface area contributed by atoms with E-state index in [4.69, 9.17) is 9.26 Å². The monoisotopic (exact) mass is 433 g/mol. The fourth-order valence-corrected chi connectivity index (χ4v) is 3.97. The Kier molecular flexibility index (Phi) is 5.90. The maximum Gasteiger partial charge on any atom is 0.350 e. The average Bonchev–Trinajstić information content (AvgIpc) is 3.39. The normalized spacial score (nSPS) is 10.6. The first-order chi connectivity index (χ1) is 15.1. The predicted octanol–water partition coefficient (Wildman–Crippen LogP) is 5.20. The number of benzene rings is 2. The summed E-state index contributed by atoms with van der Waals surface area (Å²) in [5, 5.41) is 7.11. The standard InChI is InChI=1S/C23H19N3O4S/c1-3-29-22(28)20-19(16-12-8-5-9-13-16)24-23(31-20)25-21(27)17-14(2)30-26-18(17)15-10-6-4-7-11-15/h4-13H,3H2,1-2H3,(H,24,25,27). The molecule has 156 valence electrons. The number of hydrogen-bond donors (Lipinski definition) is 1. The molecule has 0 saturated carbocycles. The number of esters is 1. The molecule has 4 aromatic rings. The third kappa shape index (κ3) is 4.24. The summed E-state index contributed by atoms with van der Waals surface area (Å²) < 4.78 is 10.4. The van der Waals surface area contributed by atoms with Crippen molar-refractivity contribution in [1.29, 1.82) is 0 Å². The van der Waals surface area contributed by atoms with Gasteiger partial charge in [-0.3, -0.25) is 10.1 Å².